The van der Waals surface area contributed by atoms with Crippen LogP contribution in [-0.2, 0) is 0 Å². The predicted octanol–water partition coefficient (Wildman–Crippen LogP) is 2.71. The smallest absolute Gasteiger partial charge is 0.124 e. The van der Waals surface area contributed by atoms with Gasteiger partial charge >= 0.3 is 0 Å². The first-order valence-corrected chi connectivity index (χ1v) is 5.91. The number of rotatable bonds is 1. The summed E-state index contributed by atoms with van der Waals surface area (Å²) < 4.78 is 27.3. The molecule has 0 aliphatic rings. The molecule has 86 valence electrons. The van der Waals surface area contributed by atoms with Crippen molar-refractivity contribution in [1.82, 2.24) is 0 Å². The lowest BCUT2D eigenvalue weighted by Gasteiger charge is -2.20. The van der Waals surface area contributed by atoms with Gasteiger partial charge in [-0.05, 0) is 29.7 Å². The quantitative estimate of drug-likeness (QED) is 0.493. The van der Waals surface area contributed by atoms with Gasteiger partial charge in [0, 0.05) is 11.1 Å². The van der Waals surface area contributed by atoms with E-state index >= 15 is 0 Å². The van der Waals surface area contributed by atoms with Crippen molar-refractivity contribution in [3.05, 3.63) is 30.3 Å². The summed E-state index contributed by atoms with van der Waals surface area (Å²) in [5.74, 6) is -0.158. The van der Waals surface area contributed by atoms with Gasteiger partial charge in [-0.15, -0.1) is 0 Å². The number of aromatic hydroxyl groups is 1. The Kier molecular flexibility index (Phi) is 2.43. The van der Waals surface area contributed by atoms with Gasteiger partial charge in [0.1, 0.15) is 16.6 Å². The van der Waals surface area contributed by atoms with Crippen molar-refractivity contribution in [2.24, 2.45) is 0 Å². The molecule has 2 aromatic carbocycles. The number of phenolic OH excluding ortho intramolecular Hbond substituents is 1. The molecule has 0 aliphatic carbocycles. The third kappa shape index (κ3) is 1.91. The predicted molar refractivity (Wildman–Crippen MR) is 63.8 cm³/mol. The molecule has 0 heterocycles. The zero-order valence-electron chi connectivity index (χ0n) is 8.16. The van der Waals surface area contributed by atoms with Crippen LogP contribution in [0.3, 0.4) is 0 Å². The van der Waals surface area contributed by atoms with E-state index in [1.165, 1.54) is 6.07 Å². The van der Waals surface area contributed by atoms with Crippen molar-refractivity contribution >= 4 is 27.3 Å². The molecule has 0 spiro atoms. The highest BCUT2D eigenvalue weighted by atomic mass is 32.3. The molecule has 0 saturated carbocycles. The van der Waals surface area contributed by atoms with Crippen molar-refractivity contribution in [3.8, 4) is 5.75 Å². The Morgan fingerprint density at radius 2 is 1.69 bits per heavy atom. The summed E-state index contributed by atoms with van der Waals surface area (Å²) in [5, 5.41) is 10.7. The van der Waals surface area contributed by atoms with Crippen LogP contribution in [-0.4, -0.2) is 18.8 Å². The summed E-state index contributed by atoms with van der Waals surface area (Å²) in [6.07, 6.45) is 0. The molecule has 0 atom stereocenters. The molecule has 0 fully saturated rings. The van der Waals surface area contributed by atoms with Crippen LogP contribution >= 0.6 is 10.9 Å². The van der Waals surface area contributed by atoms with Crippen LogP contribution < -0.4 is 5.73 Å². The Labute approximate surface area is 93.3 Å². The lowest BCUT2D eigenvalue weighted by molar-refractivity contribution is 0.375. The molecular formula is C10H11NO4S. The molecule has 16 heavy (non-hydrogen) atoms. The number of nitrogen functional groups attached to an aromatic ring is 1. The fourth-order valence-electron chi connectivity index (χ4n) is 1.49. The van der Waals surface area contributed by atoms with Gasteiger partial charge in [0.05, 0.1) is 4.90 Å². The van der Waals surface area contributed by atoms with Crippen LogP contribution in [0.2, 0.25) is 0 Å². The highest BCUT2D eigenvalue weighted by molar-refractivity contribution is 8.19. The second-order valence-corrected chi connectivity index (χ2v) is 4.95. The van der Waals surface area contributed by atoms with E-state index in [0.717, 1.165) is 6.07 Å². The lowest BCUT2D eigenvalue weighted by Crippen LogP contribution is -1.95. The number of hydrogen-bond donors (Lipinski definition) is 5. The van der Waals surface area contributed by atoms with Crippen LogP contribution in [0.1, 0.15) is 0 Å². The fourth-order valence-corrected chi connectivity index (χ4v) is 2.04. The largest absolute Gasteiger partial charge is 0.507 e. The number of phenols is 1. The first-order chi connectivity index (χ1) is 7.38. The van der Waals surface area contributed by atoms with Gasteiger partial charge in [0.25, 0.3) is 0 Å². The van der Waals surface area contributed by atoms with E-state index in [1.807, 2.05) is 0 Å². The molecule has 6 N–H and O–H groups in total. The SMILES string of the molecule is Nc1ccc2cc(S(O)(O)O)cc(O)c2c1. The van der Waals surface area contributed by atoms with Crippen molar-refractivity contribution in [3.63, 3.8) is 0 Å². The average molecular weight is 241 g/mol. The van der Waals surface area contributed by atoms with Crippen LogP contribution in [0.5, 0.6) is 5.75 Å². The number of benzene rings is 2. The normalized spacial score (nSPS) is 12.9. The maximum atomic E-state index is 9.66. The third-order valence-electron chi connectivity index (χ3n) is 2.25. The van der Waals surface area contributed by atoms with Gasteiger partial charge in [-0.2, -0.15) is 0 Å². The minimum Gasteiger partial charge on any atom is -0.507 e. The zero-order valence-corrected chi connectivity index (χ0v) is 8.98. The fraction of sp³-hybridized carbons (Fsp3) is 0. The third-order valence-corrected chi connectivity index (χ3v) is 3.11. The van der Waals surface area contributed by atoms with E-state index in [9.17, 15) is 5.11 Å². The molecule has 0 unspecified atom stereocenters. The zero-order chi connectivity index (χ0) is 11.9. The monoisotopic (exact) mass is 241 g/mol. The van der Waals surface area contributed by atoms with Gasteiger partial charge in [-0.25, -0.2) is 0 Å². The number of nitrogens with two attached hydrogens (primary N) is 1. The summed E-state index contributed by atoms with van der Waals surface area (Å²) >= 11 is 0. The number of anilines is 1. The minimum absolute atomic E-state index is 0.123. The number of hydrogen-bond acceptors (Lipinski definition) is 5. The summed E-state index contributed by atoms with van der Waals surface area (Å²) in [6, 6.07) is 7.31. The van der Waals surface area contributed by atoms with E-state index in [4.69, 9.17) is 19.4 Å². The lowest BCUT2D eigenvalue weighted by atomic mass is 10.1. The maximum Gasteiger partial charge on any atom is 0.124 e. The van der Waals surface area contributed by atoms with E-state index < -0.39 is 10.9 Å². The van der Waals surface area contributed by atoms with Crippen LogP contribution in [0, 0.1) is 0 Å². The Bertz CT molecular complexity index is 550. The van der Waals surface area contributed by atoms with E-state index in [0.29, 0.717) is 16.5 Å². The Balaban J connectivity index is 2.74. The van der Waals surface area contributed by atoms with E-state index in [-0.39, 0.29) is 10.6 Å². The topological polar surface area (TPSA) is 107 Å². The maximum absolute atomic E-state index is 9.66. The molecule has 0 aromatic heterocycles. The number of fused-ring (bicyclic) bond motifs is 1. The van der Waals surface area contributed by atoms with Crippen molar-refractivity contribution < 1.29 is 18.8 Å². The Hall–Kier alpha value is -1.47. The summed E-state index contributed by atoms with van der Waals surface area (Å²) in [7, 11) is -3.82. The highest BCUT2D eigenvalue weighted by Gasteiger charge is 2.17. The first kappa shape index (κ1) is 11.0. The highest BCUT2D eigenvalue weighted by Crippen LogP contribution is 2.46. The second kappa shape index (κ2) is 3.53. The van der Waals surface area contributed by atoms with Crippen LogP contribution in [0.4, 0.5) is 5.69 Å². The molecule has 0 radical (unpaired) electrons. The average Bonchev–Trinajstić information content (AvgIpc) is 2.17. The van der Waals surface area contributed by atoms with Gasteiger partial charge in [-0.3, -0.25) is 0 Å². The van der Waals surface area contributed by atoms with Crippen LogP contribution in [0.15, 0.2) is 35.2 Å². The molecule has 0 aliphatic heterocycles. The van der Waals surface area contributed by atoms with Gasteiger partial charge in [0.2, 0.25) is 0 Å². The summed E-state index contributed by atoms with van der Waals surface area (Å²) in [6.45, 7) is 0. The van der Waals surface area contributed by atoms with Gasteiger partial charge < -0.3 is 24.5 Å². The Morgan fingerprint density at radius 3 is 2.31 bits per heavy atom. The van der Waals surface area contributed by atoms with E-state index in [1.54, 1.807) is 18.2 Å². The van der Waals surface area contributed by atoms with Crippen molar-refractivity contribution in [2.75, 3.05) is 5.73 Å². The molecule has 6 heteroatoms. The van der Waals surface area contributed by atoms with Gasteiger partial charge in [-0.1, -0.05) is 6.07 Å². The second-order valence-electron chi connectivity index (χ2n) is 3.44. The van der Waals surface area contributed by atoms with E-state index in [2.05, 4.69) is 0 Å². The molecule has 0 bridgehead atoms. The molecule has 2 aromatic rings. The molecular weight excluding hydrogens is 230 g/mol. The van der Waals surface area contributed by atoms with Crippen LogP contribution in [0.25, 0.3) is 10.8 Å². The van der Waals surface area contributed by atoms with Gasteiger partial charge in [0.15, 0.2) is 0 Å². The molecule has 5 nitrogen and oxygen atoms in total. The molecule has 0 amide bonds. The van der Waals surface area contributed by atoms with Crippen molar-refractivity contribution in [2.45, 2.75) is 4.90 Å². The standard InChI is InChI=1S/C10H11NO4S/c11-7-2-1-6-3-8(16(13,14)15)5-10(12)9(6)4-7/h1-5,12-15H,11H2. The summed E-state index contributed by atoms with van der Waals surface area (Å²) in [5.41, 5.74) is 6.05. The molecule has 0 saturated heterocycles. The first-order valence-electron chi connectivity index (χ1n) is 4.41. The molecule has 2 rings (SSSR count). The van der Waals surface area contributed by atoms with Crippen molar-refractivity contribution in [1.29, 1.82) is 0 Å². The minimum atomic E-state index is -3.82. The Morgan fingerprint density at radius 1 is 1.00 bits per heavy atom. The summed E-state index contributed by atoms with van der Waals surface area (Å²) in [4.78, 5) is -0.123.